The van der Waals surface area contributed by atoms with E-state index in [-0.39, 0.29) is 0 Å². The van der Waals surface area contributed by atoms with Gasteiger partial charge in [0.1, 0.15) is 0 Å². The van der Waals surface area contributed by atoms with Crippen LogP contribution in [-0.2, 0) is 0 Å². The summed E-state index contributed by atoms with van der Waals surface area (Å²) in [6.07, 6.45) is 1.96. The Bertz CT molecular complexity index is 3180. The van der Waals surface area contributed by atoms with Crippen molar-refractivity contribution in [2.24, 2.45) is 0 Å². The summed E-state index contributed by atoms with van der Waals surface area (Å²) >= 11 is 0. The van der Waals surface area contributed by atoms with Crippen molar-refractivity contribution in [2.75, 3.05) is 4.90 Å². The Morgan fingerprint density at radius 3 is 1.60 bits per heavy atom. The summed E-state index contributed by atoms with van der Waals surface area (Å²) in [6, 6.07) is 75.9. The third kappa shape index (κ3) is 5.42. The lowest BCUT2D eigenvalue weighted by Crippen LogP contribution is -2.09. The van der Waals surface area contributed by atoms with Gasteiger partial charge in [-0.1, -0.05) is 133 Å². The Hall–Kier alpha value is -7.69. The van der Waals surface area contributed by atoms with Gasteiger partial charge in [-0.2, -0.15) is 0 Å². The molecule has 0 atom stereocenters. The van der Waals surface area contributed by atoms with Crippen LogP contribution in [0, 0.1) is 0 Å². The van der Waals surface area contributed by atoms with Gasteiger partial charge in [0, 0.05) is 61.9 Å². The average molecular weight is 729 g/mol. The lowest BCUT2D eigenvalue weighted by atomic mass is 10.0. The maximum atomic E-state index is 5.01. The molecule has 0 saturated carbocycles. The van der Waals surface area contributed by atoms with Gasteiger partial charge in [0.25, 0.3) is 0 Å². The number of aromatic nitrogens is 3. The van der Waals surface area contributed by atoms with Crippen molar-refractivity contribution in [3.05, 3.63) is 219 Å². The summed E-state index contributed by atoms with van der Waals surface area (Å²) in [5.74, 6) is 0. The van der Waals surface area contributed by atoms with Crippen molar-refractivity contribution in [3.8, 4) is 33.6 Å². The predicted octanol–water partition coefficient (Wildman–Crippen LogP) is 14.1. The molecule has 0 fully saturated rings. The van der Waals surface area contributed by atoms with Crippen LogP contribution in [0.2, 0.25) is 0 Å². The van der Waals surface area contributed by atoms with Crippen molar-refractivity contribution < 1.29 is 0 Å². The minimum absolute atomic E-state index is 0.996. The van der Waals surface area contributed by atoms with Crippen LogP contribution in [0.5, 0.6) is 0 Å². The normalized spacial score (nSPS) is 11.5. The van der Waals surface area contributed by atoms with Gasteiger partial charge in [0.15, 0.2) is 0 Å². The minimum atomic E-state index is 0.996. The van der Waals surface area contributed by atoms with E-state index in [2.05, 4.69) is 226 Å². The molecule has 0 radical (unpaired) electrons. The second-order valence-corrected chi connectivity index (χ2v) is 14.4. The zero-order chi connectivity index (χ0) is 37.7. The highest BCUT2D eigenvalue weighted by Gasteiger charge is 2.22. The molecule has 268 valence electrons. The first-order chi connectivity index (χ1) is 28.3. The SMILES string of the molecule is c1ccc(N(c2ccccc2)c2ccc(-c3cccc(-n4c5ccccc5c5cccc(-c6ccnc7c8ccccc8n(-c8ccccc8)c67)c54)c3)cc2)cc1. The summed E-state index contributed by atoms with van der Waals surface area (Å²) in [7, 11) is 0. The van der Waals surface area contributed by atoms with Crippen LogP contribution in [-0.4, -0.2) is 14.1 Å². The van der Waals surface area contributed by atoms with E-state index >= 15 is 0 Å². The van der Waals surface area contributed by atoms with Gasteiger partial charge in [-0.25, -0.2) is 0 Å². The Balaban J connectivity index is 1.09. The maximum absolute atomic E-state index is 5.01. The third-order valence-corrected chi connectivity index (χ3v) is 11.1. The molecule has 3 aromatic heterocycles. The zero-order valence-electron chi connectivity index (χ0n) is 31.1. The molecule has 0 N–H and O–H groups in total. The summed E-state index contributed by atoms with van der Waals surface area (Å²) in [4.78, 5) is 7.31. The van der Waals surface area contributed by atoms with E-state index in [0.29, 0.717) is 0 Å². The molecule has 8 aromatic carbocycles. The van der Waals surface area contributed by atoms with Crippen molar-refractivity contribution in [1.29, 1.82) is 0 Å². The maximum Gasteiger partial charge on any atom is 0.0969 e. The fourth-order valence-electron chi connectivity index (χ4n) is 8.66. The topological polar surface area (TPSA) is 26.0 Å². The Labute approximate surface area is 330 Å². The van der Waals surface area contributed by atoms with Gasteiger partial charge in [-0.05, 0) is 90.0 Å². The molecule has 0 amide bonds. The first-order valence-electron chi connectivity index (χ1n) is 19.4. The quantitative estimate of drug-likeness (QED) is 0.163. The van der Waals surface area contributed by atoms with Crippen LogP contribution in [0.15, 0.2) is 219 Å². The van der Waals surface area contributed by atoms with Crippen LogP contribution in [0.4, 0.5) is 17.1 Å². The Morgan fingerprint density at radius 1 is 0.351 bits per heavy atom. The van der Waals surface area contributed by atoms with E-state index in [4.69, 9.17) is 4.98 Å². The number of pyridine rings is 1. The highest BCUT2D eigenvalue weighted by atomic mass is 15.1. The van der Waals surface area contributed by atoms with E-state index in [9.17, 15) is 0 Å². The summed E-state index contributed by atoms with van der Waals surface area (Å²) in [5.41, 5.74) is 15.8. The Morgan fingerprint density at radius 2 is 0.877 bits per heavy atom. The molecule has 0 bridgehead atoms. The molecule has 11 aromatic rings. The molecule has 0 aliphatic rings. The van der Waals surface area contributed by atoms with E-state index in [0.717, 1.165) is 72.6 Å². The number of anilines is 3. The molecule has 0 aliphatic heterocycles. The molecule has 4 nitrogen and oxygen atoms in total. The van der Waals surface area contributed by atoms with Crippen LogP contribution in [0.25, 0.3) is 77.4 Å². The number of nitrogens with zero attached hydrogens (tertiary/aromatic N) is 4. The van der Waals surface area contributed by atoms with Crippen LogP contribution < -0.4 is 4.90 Å². The first-order valence-corrected chi connectivity index (χ1v) is 19.4. The van der Waals surface area contributed by atoms with Gasteiger partial charge >= 0.3 is 0 Å². The molecule has 4 heteroatoms. The highest BCUT2D eigenvalue weighted by molar-refractivity contribution is 6.18. The lowest BCUT2D eigenvalue weighted by Gasteiger charge is -2.25. The molecule has 3 heterocycles. The number of benzene rings is 8. The lowest BCUT2D eigenvalue weighted by molar-refractivity contribution is 1.17. The fraction of sp³-hybridized carbons (Fsp3) is 0. The number of hydrogen-bond donors (Lipinski definition) is 0. The molecule has 57 heavy (non-hydrogen) atoms. The molecule has 11 rings (SSSR count). The smallest absolute Gasteiger partial charge is 0.0969 e. The second kappa shape index (κ2) is 13.6. The molecule has 0 aliphatic carbocycles. The molecule has 0 unspecified atom stereocenters. The standard InChI is InChI=1S/C53H36N4/c1-4-17-39(18-5-1)55(40-19-6-2-7-20-40)42-32-30-37(31-33-42)38-16-14-23-43(36-38)57-49-28-12-10-24-44(49)45-26-15-27-46(52(45)57)47-34-35-54-51-48-25-11-13-29-50(48)56(53(47)51)41-21-8-3-9-22-41/h1-36H. The Kier molecular flexibility index (Phi) is 7.78. The van der Waals surface area contributed by atoms with E-state index in [1.165, 1.54) is 21.8 Å². The number of para-hydroxylation sites is 6. The van der Waals surface area contributed by atoms with Crippen molar-refractivity contribution in [2.45, 2.75) is 0 Å². The van der Waals surface area contributed by atoms with Gasteiger partial charge < -0.3 is 14.0 Å². The first kappa shape index (κ1) is 32.7. The number of rotatable bonds is 7. The van der Waals surface area contributed by atoms with Crippen LogP contribution in [0.1, 0.15) is 0 Å². The monoisotopic (exact) mass is 728 g/mol. The fourth-order valence-corrected chi connectivity index (χ4v) is 8.66. The van der Waals surface area contributed by atoms with Gasteiger partial charge in [0.05, 0.1) is 27.6 Å². The average Bonchev–Trinajstić information content (AvgIpc) is 3.81. The summed E-state index contributed by atoms with van der Waals surface area (Å²) in [6.45, 7) is 0. The van der Waals surface area contributed by atoms with Crippen LogP contribution in [0.3, 0.4) is 0 Å². The number of fused-ring (bicyclic) bond motifs is 6. The zero-order valence-corrected chi connectivity index (χ0v) is 31.1. The van der Waals surface area contributed by atoms with Crippen molar-refractivity contribution in [1.82, 2.24) is 14.1 Å². The minimum Gasteiger partial charge on any atom is -0.311 e. The van der Waals surface area contributed by atoms with Gasteiger partial charge in [0.2, 0.25) is 0 Å². The summed E-state index contributed by atoms with van der Waals surface area (Å²) < 4.78 is 4.83. The van der Waals surface area contributed by atoms with Crippen LogP contribution >= 0.6 is 0 Å². The highest BCUT2D eigenvalue weighted by Crippen LogP contribution is 2.43. The van der Waals surface area contributed by atoms with Gasteiger partial charge in [-0.3, -0.25) is 4.98 Å². The van der Waals surface area contributed by atoms with E-state index in [1.807, 2.05) is 6.20 Å². The predicted molar refractivity (Wildman–Crippen MR) is 238 cm³/mol. The van der Waals surface area contributed by atoms with Crippen molar-refractivity contribution in [3.63, 3.8) is 0 Å². The summed E-state index contributed by atoms with van der Waals surface area (Å²) in [5, 5.41) is 3.58. The largest absolute Gasteiger partial charge is 0.311 e. The molecular weight excluding hydrogens is 693 g/mol. The second-order valence-electron chi connectivity index (χ2n) is 14.4. The third-order valence-electron chi connectivity index (χ3n) is 11.1. The molecule has 0 saturated heterocycles. The van der Waals surface area contributed by atoms with Crippen molar-refractivity contribution >= 4 is 60.8 Å². The number of hydrogen-bond acceptors (Lipinski definition) is 2. The van der Waals surface area contributed by atoms with E-state index in [1.54, 1.807) is 0 Å². The van der Waals surface area contributed by atoms with E-state index < -0.39 is 0 Å². The molecule has 0 spiro atoms. The molecular formula is C53H36N4. The van der Waals surface area contributed by atoms with Gasteiger partial charge in [-0.15, -0.1) is 0 Å².